The van der Waals surface area contributed by atoms with Crippen molar-refractivity contribution in [2.24, 2.45) is 5.41 Å². The molecular formula is C79H69BN4. The largest absolute Gasteiger partial charge is 0.311 e. The fourth-order valence-corrected chi connectivity index (χ4v) is 12.7. The molecule has 11 aromatic carbocycles. The molecule has 0 saturated heterocycles. The first-order chi connectivity index (χ1) is 48.0. The lowest BCUT2D eigenvalue weighted by Crippen LogP contribution is -2.61. The van der Waals surface area contributed by atoms with Crippen molar-refractivity contribution < 1.29 is 24.7 Å². The Kier molecular flexibility index (Phi) is 8.11. The van der Waals surface area contributed by atoms with Crippen LogP contribution in [0.4, 0.5) is 34.1 Å². The molecule has 2 aromatic heterocycles. The number of hydrogen-bond donors (Lipinski definition) is 0. The van der Waals surface area contributed by atoms with Crippen molar-refractivity contribution in [1.29, 1.82) is 0 Å². The zero-order chi connectivity index (χ0) is 73.1. The number of para-hydroxylation sites is 4. The SMILES string of the molecule is [2H]c1c([2H])c([2H])c2c(c1[2H])c1c([2H])c([2H])c([2H])c([2H])c1n2-c1ccc2c(c1)N(c1ccc(C(C)(C)C)cc1-c1ccccc1)c1cc(C([2H])([2H])C(C)(C)C)cc3c1B2c1ccc(-n2c4c([2H])c([2H])c([2H])c([2H])c4c4c([2H])c([2H])c([2H])c([2H])c42)cc1N3c1ccc(C(C)(C)C)cc1-c1ccccc1. The van der Waals surface area contributed by atoms with Gasteiger partial charge in [0, 0.05) is 69.5 Å². The van der Waals surface area contributed by atoms with Crippen molar-refractivity contribution in [2.45, 2.75) is 79.5 Å². The lowest BCUT2D eigenvalue weighted by Gasteiger charge is -2.45. The summed E-state index contributed by atoms with van der Waals surface area (Å²) in [5.41, 5.74) is 9.65. The fourth-order valence-electron chi connectivity index (χ4n) is 12.7. The molecule has 0 spiro atoms. The molecule has 0 radical (unpaired) electrons. The molecule has 0 saturated carbocycles. The van der Waals surface area contributed by atoms with Gasteiger partial charge in [-0.3, -0.25) is 0 Å². The van der Waals surface area contributed by atoms with E-state index < -0.39 is 115 Å². The third-order valence-electron chi connectivity index (χ3n) is 16.5. The quantitative estimate of drug-likeness (QED) is 0.148. The Bertz CT molecular complexity index is 5350. The molecule has 0 fully saturated rings. The van der Waals surface area contributed by atoms with Gasteiger partial charge < -0.3 is 18.9 Å². The van der Waals surface area contributed by atoms with Crippen molar-refractivity contribution in [3.05, 3.63) is 259 Å². The van der Waals surface area contributed by atoms with E-state index in [9.17, 15) is 13.7 Å². The van der Waals surface area contributed by atoms with E-state index in [2.05, 4.69) is 87.7 Å². The Labute approximate surface area is 520 Å². The van der Waals surface area contributed by atoms with E-state index in [1.165, 1.54) is 9.13 Å². The van der Waals surface area contributed by atoms with Gasteiger partial charge in [-0.25, -0.2) is 0 Å². The molecule has 0 unspecified atom stereocenters. The number of benzene rings is 11. The lowest BCUT2D eigenvalue weighted by atomic mass is 9.33. The maximum atomic E-state index is 10.5. The van der Waals surface area contributed by atoms with E-state index >= 15 is 0 Å². The summed E-state index contributed by atoms with van der Waals surface area (Å²) < 4.78 is 172. The number of fused-ring (bicyclic) bond motifs is 10. The summed E-state index contributed by atoms with van der Waals surface area (Å²) >= 11 is 0. The van der Waals surface area contributed by atoms with Gasteiger partial charge in [0.1, 0.15) is 0 Å². The van der Waals surface area contributed by atoms with Crippen LogP contribution in [0.2, 0.25) is 0 Å². The van der Waals surface area contributed by atoms with Crippen LogP contribution in [0.15, 0.2) is 242 Å². The molecule has 2 aliphatic heterocycles. The highest BCUT2D eigenvalue weighted by molar-refractivity contribution is 7.00. The second-order valence-corrected chi connectivity index (χ2v) is 25.2. The summed E-state index contributed by atoms with van der Waals surface area (Å²) in [4.78, 5) is 4.25. The third-order valence-corrected chi connectivity index (χ3v) is 16.5. The number of aromatic nitrogens is 2. The highest BCUT2D eigenvalue weighted by atomic mass is 15.2. The zero-order valence-electron chi connectivity index (χ0n) is 66.2. The summed E-state index contributed by atoms with van der Waals surface area (Å²) in [5.74, 6) is 0. The van der Waals surface area contributed by atoms with Crippen molar-refractivity contribution in [3.8, 4) is 33.6 Å². The zero-order valence-corrected chi connectivity index (χ0v) is 48.2. The van der Waals surface area contributed by atoms with Crippen molar-refractivity contribution in [3.63, 3.8) is 0 Å². The molecule has 4 heterocycles. The van der Waals surface area contributed by atoms with Crippen LogP contribution in [0.25, 0.3) is 77.2 Å². The smallest absolute Gasteiger partial charge is 0.252 e. The van der Waals surface area contributed by atoms with Gasteiger partial charge in [-0.1, -0.05) is 220 Å². The van der Waals surface area contributed by atoms with Crippen LogP contribution in [-0.4, -0.2) is 15.8 Å². The second-order valence-electron chi connectivity index (χ2n) is 25.2. The molecule has 0 amide bonds. The van der Waals surface area contributed by atoms with E-state index in [0.717, 1.165) is 38.8 Å². The Hall–Kier alpha value is -9.32. The first-order valence-corrected chi connectivity index (χ1v) is 28.5. The lowest BCUT2D eigenvalue weighted by molar-refractivity contribution is 0.411. The first kappa shape index (κ1) is 35.6. The Balaban J connectivity index is 1.16. The molecule has 84 heavy (non-hydrogen) atoms. The molecule has 0 aliphatic carbocycles. The minimum Gasteiger partial charge on any atom is -0.311 e. The molecule has 13 aromatic rings. The fraction of sp³-hybridized carbons (Fsp3) is 0.165. The van der Waals surface area contributed by atoms with Gasteiger partial charge in [0.15, 0.2) is 0 Å². The van der Waals surface area contributed by atoms with E-state index in [-0.39, 0.29) is 65.8 Å². The van der Waals surface area contributed by atoms with Crippen LogP contribution < -0.4 is 26.2 Å². The summed E-state index contributed by atoms with van der Waals surface area (Å²) in [7, 11) is 0. The van der Waals surface area contributed by atoms with Crippen molar-refractivity contribution in [1.82, 2.24) is 9.13 Å². The number of rotatable bonds is 7. The standard InChI is InChI=1S/C79H69BN4/c1-77(2,3)50-51-44-74-76-75(45-51)84(71-43-37-55(79(7,8)9)47-63(71)53-26-14-11-15-27-53)73-49-57(82-68-34-22-18-30-60(68)61-31-19-23-35-69(61)82)39-41-65(73)80(76)64-40-38-56(81-66-32-20-16-28-58(66)59-29-17-21-33-67(59)81)48-72(64)83(74)70-42-36-54(78(4,5)6)46-62(70)52-24-12-10-13-25-52/h10-49H,50H2,1-9H3/i16D,17D,18D,19D,20D,21D,22D,23D,28D,29D,30D,31D,32D,33D,34D,35D,50D2. The minimum absolute atomic E-state index is 0.0779. The average molecular weight is 1100 g/mol. The summed E-state index contributed by atoms with van der Waals surface area (Å²) in [6, 6.07) is 39.1. The molecular weight excluding hydrogens is 1020 g/mol. The van der Waals surface area contributed by atoms with Gasteiger partial charge in [0.25, 0.3) is 6.71 Å². The molecule has 0 bridgehead atoms. The number of anilines is 6. The molecule has 0 N–H and O–H groups in total. The highest BCUT2D eigenvalue weighted by Gasteiger charge is 2.45. The predicted molar refractivity (Wildman–Crippen MR) is 361 cm³/mol. The number of nitrogens with zero attached hydrogens (tertiary/aromatic N) is 4. The van der Waals surface area contributed by atoms with Gasteiger partial charge in [-0.2, -0.15) is 0 Å². The van der Waals surface area contributed by atoms with Gasteiger partial charge in [0.2, 0.25) is 0 Å². The normalized spacial score (nSPS) is 16.5. The highest BCUT2D eigenvalue weighted by Crippen LogP contribution is 2.51. The first-order valence-electron chi connectivity index (χ1n) is 37.5. The Morgan fingerprint density at radius 2 is 0.750 bits per heavy atom. The summed E-state index contributed by atoms with van der Waals surface area (Å²) in [6.45, 7) is 17.6. The molecule has 408 valence electrons. The van der Waals surface area contributed by atoms with Crippen LogP contribution >= 0.6 is 0 Å². The molecule has 2 aliphatic rings. The van der Waals surface area contributed by atoms with Gasteiger partial charge in [-0.05, 0) is 152 Å². The molecule has 15 rings (SSSR count). The summed E-state index contributed by atoms with van der Waals surface area (Å²) in [5, 5.41) is -0.379. The average Bonchev–Trinajstić information content (AvgIpc) is 0.952. The van der Waals surface area contributed by atoms with Crippen LogP contribution in [0, 0.1) is 5.41 Å². The van der Waals surface area contributed by atoms with E-state index in [4.69, 9.17) is 11.0 Å². The topological polar surface area (TPSA) is 16.3 Å². The van der Waals surface area contributed by atoms with Crippen molar-refractivity contribution >= 4 is 101 Å². The monoisotopic (exact) mass is 1100 g/mol. The van der Waals surface area contributed by atoms with Crippen molar-refractivity contribution in [2.75, 3.05) is 9.80 Å². The van der Waals surface area contributed by atoms with E-state index in [1.54, 1.807) is 12.1 Å². The molecule has 0 atom stereocenters. The maximum absolute atomic E-state index is 10.5. The van der Waals surface area contributed by atoms with Gasteiger partial charge in [-0.15, -0.1) is 0 Å². The summed E-state index contributed by atoms with van der Waals surface area (Å²) in [6.07, 6.45) is -2.11. The van der Waals surface area contributed by atoms with E-state index in [1.807, 2.05) is 118 Å². The Morgan fingerprint density at radius 1 is 0.381 bits per heavy atom. The maximum Gasteiger partial charge on any atom is 0.252 e. The number of hydrogen-bond acceptors (Lipinski definition) is 2. The third kappa shape index (κ3) is 8.34. The van der Waals surface area contributed by atoms with Gasteiger partial charge in [0.05, 0.1) is 55.4 Å². The van der Waals surface area contributed by atoms with Crippen LogP contribution in [0.1, 0.15) is 104 Å². The van der Waals surface area contributed by atoms with Crippen LogP contribution in [0.5, 0.6) is 0 Å². The Morgan fingerprint density at radius 3 is 1.11 bits per heavy atom. The predicted octanol–water partition coefficient (Wildman–Crippen LogP) is 19.5. The second kappa shape index (κ2) is 19.1. The molecule has 5 heteroatoms. The van der Waals surface area contributed by atoms with Crippen LogP contribution in [0.3, 0.4) is 0 Å². The minimum atomic E-state index is -2.11. The van der Waals surface area contributed by atoms with Crippen LogP contribution in [-0.2, 0) is 17.2 Å². The van der Waals surface area contributed by atoms with E-state index in [0.29, 0.717) is 50.6 Å². The van der Waals surface area contributed by atoms with Gasteiger partial charge >= 0.3 is 0 Å². The molecule has 4 nitrogen and oxygen atoms in total.